The number of aromatic amines is 1. The molecule has 1 unspecified atom stereocenters. The van der Waals surface area contributed by atoms with Crippen molar-refractivity contribution in [3.05, 3.63) is 60.2 Å². The topological polar surface area (TPSA) is 82.6 Å². The molecule has 0 aliphatic carbocycles. The van der Waals surface area contributed by atoms with Crippen LogP contribution < -0.4 is 5.32 Å². The van der Waals surface area contributed by atoms with E-state index in [-0.39, 0.29) is 0 Å². The number of H-pyrrole nitrogens is 1. The molecule has 4 heterocycles. The van der Waals surface area contributed by atoms with Crippen molar-refractivity contribution in [2.45, 2.75) is 32.7 Å². The fraction of sp³-hybridized carbons (Fsp3) is 0.400. The zero-order chi connectivity index (χ0) is 18.5. The van der Waals surface area contributed by atoms with Crippen molar-refractivity contribution in [2.24, 2.45) is 5.92 Å². The van der Waals surface area contributed by atoms with Gasteiger partial charge in [-0.25, -0.2) is 19.9 Å². The van der Waals surface area contributed by atoms with E-state index >= 15 is 0 Å². The number of anilines is 2. The Labute approximate surface area is 159 Å². The van der Waals surface area contributed by atoms with Crippen LogP contribution in [-0.4, -0.2) is 42.9 Å². The van der Waals surface area contributed by atoms with Crippen molar-refractivity contribution in [3.8, 4) is 0 Å². The Balaban J connectivity index is 1.37. The maximum absolute atomic E-state index is 4.49. The van der Waals surface area contributed by atoms with E-state index < -0.39 is 0 Å². The molecule has 1 saturated heterocycles. The van der Waals surface area contributed by atoms with Crippen LogP contribution in [0.25, 0.3) is 0 Å². The van der Waals surface area contributed by atoms with Gasteiger partial charge in [0.2, 0.25) is 0 Å². The van der Waals surface area contributed by atoms with E-state index in [0.29, 0.717) is 5.92 Å². The molecule has 7 nitrogen and oxygen atoms in total. The highest BCUT2D eigenvalue weighted by atomic mass is 15.1. The van der Waals surface area contributed by atoms with Gasteiger partial charge in [0.05, 0.1) is 6.33 Å². The van der Waals surface area contributed by atoms with Crippen LogP contribution in [0.15, 0.2) is 43.1 Å². The molecular formula is C20H25N7. The zero-order valence-electron chi connectivity index (χ0n) is 15.6. The number of likely N-dealkylation sites (tertiary alicyclic amines) is 1. The van der Waals surface area contributed by atoms with E-state index in [0.717, 1.165) is 49.1 Å². The summed E-state index contributed by atoms with van der Waals surface area (Å²) in [4.78, 5) is 23.1. The average molecular weight is 363 g/mol. The molecule has 1 fully saturated rings. The van der Waals surface area contributed by atoms with Crippen LogP contribution in [0.1, 0.15) is 29.9 Å². The van der Waals surface area contributed by atoms with Gasteiger partial charge in [-0.3, -0.25) is 4.90 Å². The second-order valence-corrected chi connectivity index (χ2v) is 7.21. The first-order chi connectivity index (χ1) is 13.2. The van der Waals surface area contributed by atoms with Crippen LogP contribution in [0.4, 0.5) is 11.6 Å². The minimum atomic E-state index is 0.613. The number of nitrogens with one attached hydrogen (secondary N) is 2. The summed E-state index contributed by atoms with van der Waals surface area (Å²) in [6.45, 7) is 5.15. The lowest BCUT2D eigenvalue weighted by atomic mass is 9.93. The first-order valence-electron chi connectivity index (χ1n) is 9.46. The molecule has 0 spiro atoms. The number of aryl methyl sites for hydroxylation is 1. The maximum Gasteiger partial charge on any atom is 0.135 e. The van der Waals surface area contributed by atoms with Crippen molar-refractivity contribution < 1.29 is 0 Å². The van der Waals surface area contributed by atoms with Crippen LogP contribution in [-0.2, 0) is 13.0 Å². The smallest absolute Gasteiger partial charge is 0.135 e. The van der Waals surface area contributed by atoms with Gasteiger partial charge in [0.1, 0.15) is 18.0 Å². The van der Waals surface area contributed by atoms with Gasteiger partial charge in [-0.2, -0.15) is 0 Å². The van der Waals surface area contributed by atoms with Gasteiger partial charge < -0.3 is 10.3 Å². The number of imidazole rings is 1. The first kappa shape index (κ1) is 17.6. The Morgan fingerprint density at radius 3 is 3.07 bits per heavy atom. The first-order valence-corrected chi connectivity index (χ1v) is 9.46. The molecular weight excluding hydrogens is 338 g/mol. The van der Waals surface area contributed by atoms with Crippen LogP contribution in [0.2, 0.25) is 0 Å². The highest BCUT2D eigenvalue weighted by Crippen LogP contribution is 2.22. The third-order valence-electron chi connectivity index (χ3n) is 4.92. The lowest BCUT2D eigenvalue weighted by molar-refractivity contribution is 0.165. The van der Waals surface area contributed by atoms with E-state index in [1.54, 1.807) is 12.7 Å². The van der Waals surface area contributed by atoms with Gasteiger partial charge in [0.25, 0.3) is 0 Å². The van der Waals surface area contributed by atoms with Gasteiger partial charge >= 0.3 is 0 Å². The Morgan fingerprint density at radius 1 is 1.26 bits per heavy atom. The highest BCUT2D eigenvalue weighted by molar-refractivity contribution is 5.51. The van der Waals surface area contributed by atoms with Gasteiger partial charge in [0, 0.05) is 42.4 Å². The summed E-state index contributed by atoms with van der Waals surface area (Å²) >= 11 is 0. The highest BCUT2D eigenvalue weighted by Gasteiger charge is 2.21. The van der Waals surface area contributed by atoms with Crippen molar-refractivity contribution >= 4 is 11.6 Å². The summed E-state index contributed by atoms with van der Waals surface area (Å²) in [5.74, 6) is 2.22. The van der Waals surface area contributed by atoms with Gasteiger partial charge in [-0.05, 0) is 50.8 Å². The number of hydrogen-bond donors (Lipinski definition) is 2. The Kier molecular flexibility index (Phi) is 5.39. The zero-order valence-corrected chi connectivity index (χ0v) is 15.6. The molecule has 2 N–H and O–H groups in total. The third kappa shape index (κ3) is 4.89. The van der Waals surface area contributed by atoms with Crippen LogP contribution in [0, 0.1) is 12.8 Å². The molecule has 1 atom stereocenters. The van der Waals surface area contributed by atoms with E-state index in [1.165, 1.54) is 18.5 Å². The fourth-order valence-corrected chi connectivity index (χ4v) is 3.69. The largest absolute Gasteiger partial charge is 0.347 e. The molecule has 0 bridgehead atoms. The minimum Gasteiger partial charge on any atom is -0.347 e. The molecule has 27 heavy (non-hydrogen) atoms. The molecule has 0 amide bonds. The Morgan fingerprint density at radius 2 is 2.22 bits per heavy atom. The summed E-state index contributed by atoms with van der Waals surface area (Å²) in [5.41, 5.74) is 3.23. The molecule has 0 aromatic carbocycles. The molecule has 140 valence electrons. The number of aromatic nitrogens is 5. The predicted molar refractivity (Wildman–Crippen MR) is 105 cm³/mol. The third-order valence-corrected chi connectivity index (χ3v) is 4.92. The summed E-state index contributed by atoms with van der Waals surface area (Å²) in [6, 6.07) is 7.96. The normalized spacial score (nSPS) is 17.7. The molecule has 4 rings (SSSR count). The molecule has 3 aromatic rings. The van der Waals surface area contributed by atoms with Gasteiger partial charge in [-0.1, -0.05) is 6.07 Å². The second-order valence-electron chi connectivity index (χ2n) is 7.21. The fourth-order valence-electron chi connectivity index (χ4n) is 3.69. The van der Waals surface area contributed by atoms with Crippen LogP contribution in [0.3, 0.4) is 0 Å². The predicted octanol–water partition coefficient (Wildman–Crippen LogP) is 3.10. The number of piperidine rings is 1. The summed E-state index contributed by atoms with van der Waals surface area (Å²) in [7, 11) is 0. The minimum absolute atomic E-state index is 0.613. The quantitative estimate of drug-likeness (QED) is 0.700. The van der Waals surface area contributed by atoms with E-state index in [4.69, 9.17) is 0 Å². The van der Waals surface area contributed by atoms with Gasteiger partial charge in [0.15, 0.2) is 0 Å². The van der Waals surface area contributed by atoms with Crippen molar-refractivity contribution in [1.82, 2.24) is 29.8 Å². The number of rotatable bonds is 6. The molecule has 1 aliphatic heterocycles. The van der Waals surface area contributed by atoms with E-state index in [1.807, 2.05) is 37.4 Å². The maximum atomic E-state index is 4.49. The van der Waals surface area contributed by atoms with Crippen LogP contribution in [0.5, 0.6) is 0 Å². The van der Waals surface area contributed by atoms with E-state index in [2.05, 4.69) is 35.1 Å². The van der Waals surface area contributed by atoms with Crippen molar-refractivity contribution in [1.29, 1.82) is 0 Å². The number of pyridine rings is 1. The molecule has 7 heteroatoms. The summed E-state index contributed by atoms with van der Waals surface area (Å²) in [5, 5.41) is 3.28. The van der Waals surface area contributed by atoms with E-state index in [9.17, 15) is 0 Å². The summed E-state index contributed by atoms with van der Waals surface area (Å²) in [6.07, 6.45) is 8.73. The van der Waals surface area contributed by atoms with Crippen LogP contribution >= 0.6 is 0 Å². The lowest BCUT2D eigenvalue weighted by Crippen LogP contribution is -2.35. The van der Waals surface area contributed by atoms with Crippen molar-refractivity contribution in [2.75, 3.05) is 18.4 Å². The SMILES string of the molecule is Cc1cccc(Nc2cc(CC3CCCN(Cc4cnc[nH]4)C3)ncn2)n1. The lowest BCUT2D eigenvalue weighted by Gasteiger charge is -2.32. The Hall–Kier alpha value is -2.80. The Bertz CT molecular complexity index is 862. The molecule has 0 saturated carbocycles. The molecule has 1 aliphatic rings. The molecule has 3 aromatic heterocycles. The number of nitrogens with zero attached hydrogens (tertiary/aromatic N) is 5. The average Bonchev–Trinajstić information content (AvgIpc) is 3.15. The molecule has 0 radical (unpaired) electrons. The van der Waals surface area contributed by atoms with Gasteiger partial charge in [-0.15, -0.1) is 0 Å². The standard InChI is InChI=1S/C20H25N7/c1-15-4-2-6-19(25-15)26-20-9-17(23-14-24-20)8-16-5-3-7-27(11-16)12-18-10-21-13-22-18/h2,4,6,9-10,13-14,16H,3,5,7-8,11-12H2,1H3,(H,21,22)(H,23,24,25,26). The monoisotopic (exact) mass is 363 g/mol. The second kappa shape index (κ2) is 8.26. The number of hydrogen-bond acceptors (Lipinski definition) is 6. The van der Waals surface area contributed by atoms with Crippen molar-refractivity contribution in [3.63, 3.8) is 0 Å². The summed E-state index contributed by atoms with van der Waals surface area (Å²) < 4.78 is 0.